The average Bonchev–Trinajstić information content (AvgIpc) is 2.57. The summed E-state index contributed by atoms with van der Waals surface area (Å²) in [5.74, 6) is 0. The van der Waals surface area contributed by atoms with Gasteiger partial charge in [-0.05, 0) is 0 Å². The molecule has 0 spiro atoms. The molecule has 0 saturated carbocycles. The Balaban J connectivity index is 0.000000867. The molecule has 14 heteroatoms. The van der Waals surface area contributed by atoms with Crippen molar-refractivity contribution in [1.29, 1.82) is 0 Å². The molecule has 1 aliphatic rings. The van der Waals surface area contributed by atoms with Gasteiger partial charge in [0.15, 0.2) is 0 Å². The van der Waals surface area contributed by atoms with Gasteiger partial charge in [-0.15, -0.1) is 0 Å². The Bertz CT molecular complexity index is 514. The van der Waals surface area contributed by atoms with E-state index in [0.717, 1.165) is 38.9 Å². The van der Waals surface area contributed by atoms with Gasteiger partial charge in [-0.3, -0.25) is 8.37 Å². The maximum absolute atomic E-state index is 10.7. The molecule has 0 bridgehead atoms. The minimum absolute atomic E-state index is 0.720. The summed E-state index contributed by atoms with van der Waals surface area (Å²) in [4.78, 5) is 0. The second-order valence-electron chi connectivity index (χ2n) is 5.32. The van der Waals surface area contributed by atoms with E-state index in [1.807, 2.05) is 0 Å². The lowest BCUT2D eigenvalue weighted by Gasteiger charge is -2.25. The molecule has 1 heterocycles. The van der Waals surface area contributed by atoms with Crippen molar-refractivity contribution in [2.24, 2.45) is 0 Å². The molecule has 4 unspecified atom stereocenters. The Morgan fingerprint density at radius 3 is 1.19 bits per heavy atom. The third-order valence-corrected chi connectivity index (χ3v) is 3.92. The molecule has 4 N–H and O–H groups in total. The molecule has 0 radical (unpaired) electrons. The van der Waals surface area contributed by atoms with Gasteiger partial charge in [0.2, 0.25) is 0 Å². The maximum Gasteiger partial charge on any atom is 0.264 e. The number of rotatable bonds is 9. The van der Waals surface area contributed by atoms with Crippen LogP contribution in [0.15, 0.2) is 0 Å². The molecular weight excluding hydrogens is 400 g/mol. The first-order valence-corrected chi connectivity index (χ1v) is 11.0. The minimum atomic E-state index is -3.85. The Labute approximate surface area is 152 Å². The van der Waals surface area contributed by atoms with E-state index < -0.39 is 57.9 Å². The standard InChI is InChI=1S/C8H18O10S2.C4H8O2/c1-19(13,14)17-3-5(9)7(11)8(12)6(10)4-18-20(2,15)16;1-2-6-4-3-5-1/h5-12H,3-4H2,1-2H3;1-4H2. The molecule has 0 aromatic heterocycles. The van der Waals surface area contributed by atoms with Crippen LogP contribution in [0.25, 0.3) is 0 Å². The number of aliphatic hydroxyl groups excluding tert-OH is 4. The quantitative estimate of drug-likeness (QED) is 0.266. The SMILES string of the molecule is C1COCCO1.CS(=O)(=O)OCC(O)C(O)C(O)C(O)COS(C)(=O)=O. The van der Waals surface area contributed by atoms with Gasteiger partial charge in [-0.1, -0.05) is 0 Å². The van der Waals surface area contributed by atoms with Crippen molar-refractivity contribution >= 4 is 20.2 Å². The number of ether oxygens (including phenoxy) is 2. The van der Waals surface area contributed by atoms with Crippen LogP contribution in [0.1, 0.15) is 0 Å². The third kappa shape index (κ3) is 13.7. The molecule has 158 valence electrons. The van der Waals surface area contributed by atoms with Crippen LogP contribution in [0.2, 0.25) is 0 Å². The molecule has 0 amide bonds. The summed E-state index contributed by atoms with van der Waals surface area (Å²) < 4.78 is 60.9. The van der Waals surface area contributed by atoms with Crippen molar-refractivity contribution in [3.63, 3.8) is 0 Å². The van der Waals surface area contributed by atoms with Crippen LogP contribution in [0, 0.1) is 0 Å². The summed E-state index contributed by atoms with van der Waals surface area (Å²) in [6.45, 7) is 1.44. The third-order valence-electron chi connectivity index (χ3n) is 2.79. The Morgan fingerprint density at radius 2 is 1.00 bits per heavy atom. The van der Waals surface area contributed by atoms with Gasteiger partial charge in [-0.2, -0.15) is 16.8 Å². The molecule has 1 saturated heterocycles. The van der Waals surface area contributed by atoms with Gasteiger partial charge < -0.3 is 29.9 Å². The van der Waals surface area contributed by atoms with Crippen molar-refractivity contribution in [3.05, 3.63) is 0 Å². The summed E-state index contributed by atoms with van der Waals surface area (Å²) in [5.41, 5.74) is 0. The zero-order valence-electron chi connectivity index (χ0n) is 14.4. The molecular formula is C12H26O12S2. The van der Waals surface area contributed by atoms with Gasteiger partial charge in [0.05, 0.1) is 52.2 Å². The van der Waals surface area contributed by atoms with E-state index in [9.17, 15) is 37.3 Å². The highest BCUT2D eigenvalue weighted by molar-refractivity contribution is 7.86. The zero-order chi connectivity index (χ0) is 20.4. The molecule has 0 aromatic rings. The van der Waals surface area contributed by atoms with Crippen molar-refractivity contribution < 1.29 is 55.1 Å². The Kier molecular flexibility index (Phi) is 11.9. The molecule has 1 fully saturated rings. The molecule has 1 rings (SSSR count). The molecule has 0 aliphatic carbocycles. The predicted octanol–water partition coefficient (Wildman–Crippen LogP) is -3.58. The Hall–Kier alpha value is -0.420. The number of aliphatic hydroxyl groups is 4. The number of hydrogen-bond acceptors (Lipinski definition) is 12. The number of hydrogen-bond donors (Lipinski definition) is 4. The lowest BCUT2D eigenvalue weighted by molar-refractivity contribution is -0.118. The van der Waals surface area contributed by atoms with E-state index in [1.54, 1.807) is 0 Å². The van der Waals surface area contributed by atoms with Gasteiger partial charge in [-0.25, -0.2) is 0 Å². The van der Waals surface area contributed by atoms with Crippen LogP contribution >= 0.6 is 0 Å². The van der Waals surface area contributed by atoms with Gasteiger partial charge in [0.25, 0.3) is 20.2 Å². The topological polar surface area (TPSA) is 186 Å². The van der Waals surface area contributed by atoms with Crippen LogP contribution in [0.3, 0.4) is 0 Å². The lowest BCUT2D eigenvalue weighted by Crippen LogP contribution is -2.48. The molecule has 0 aromatic carbocycles. The molecule has 26 heavy (non-hydrogen) atoms. The second-order valence-corrected chi connectivity index (χ2v) is 8.61. The molecule has 4 atom stereocenters. The van der Waals surface area contributed by atoms with Crippen LogP contribution in [0.5, 0.6) is 0 Å². The fraction of sp³-hybridized carbons (Fsp3) is 1.00. The predicted molar refractivity (Wildman–Crippen MR) is 87.3 cm³/mol. The van der Waals surface area contributed by atoms with E-state index in [0.29, 0.717) is 0 Å². The summed E-state index contributed by atoms with van der Waals surface area (Å²) in [5, 5.41) is 37.6. The largest absolute Gasteiger partial charge is 0.388 e. The Morgan fingerprint density at radius 1 is 0.731 bits per heavy atom. The van der Waals surface area contributed by atoms with Gasteiger partial charge >= 0.3 is 0 Å². The van der Waals surface area contributed by atoms with Crippen molar-refractivity contribution in [3.8, 4) is 0 Å². The first-order chi connectivity index (χ1) is 11.8. The van der Waals surface area contributed by atoms with Crippen LogP contribution < -0.4 is 0 Å². The van der Waals surface area contributed by atoms with E-state index in [1.165, 1.54) is 0 Å². The summed E-state index contributed by atoms with van der Waals surface area (Å²) in [7, 11) is -7.69. The first-order valence-electron chi connectivity index (χ1n) is 7.40. The molecule has 1 aliphatic heterocycles. The second kappa shape index (κ2) is 12.1. The summed E-state index contributed by atoms with van der Waals surface area (Å²) >= 11 is 0. The molecule has 12 nitrogen and oxygen atoms in total. The van der Waals surface area contributed by atoms with E-state index in [2.05, 4.69) is 8.37 Å². The lowest BCUT2D eigenvalue weighted by atomic mass is 10.0. The van der Waals surface area contributed by atoms with Crippen molar-refractivity contribution in [2.75, 3.05) is 52.2 Å². The highest BCUT2D eigenvalue weighted by atomic mass is 32.2. The normalized spacial score (nSPS) is 20.4. The minimum Gasteiger partial charge on any atom is -0.388 e. The smallest absolute Gasteiger partial charge is 0.264 e. The van der Waals surface area contributed by atoms with Crippen LogP contribution in [0.4, 0.5) is 0 Å². The van der Waals surface area contributed by atoms with E-state index >= 15 is 0 Å². The van der Waals surface area contributed by atoms with Gasteiger partial charge in [0, 0.05) is 0 Å². The van der Waals surface area contributed by atoms with Crippen molar-refractivity contribution in [2.45, 2.75) is 24.4 Å². The average molecular weight is 426 g/mol. The summed E-state index contributed by atoms with van der Waals surface area (Å²) in [6, 6.07) is 0. The van der Waals surface area contributed by atoms with Crippen molar-refractivity contribution in [1.82, 2.24) is 0 Å². The summed E-state index contributed by atoms with van der Waals surface area (Å²) in [6.07, 6.45) is -6.11. The van der Waals surface area contributed by atoms with E-state index in [4.69, 9.17) is 9.47 Å². The van der Waals surface area contributed by atoms with Crippen LogP contribution in [-0.4, -0.2) is 114 Å². The first kappa shape index (κ1) is 25.6. The highest BCUT2D eigenvalue weighted by Gasteiger charge is 2.31. The fourth-order valence-corrected chi connectivity index (χ4v) is 2.25. The maximum atomic E-state index is 10.7. The zero-order valence-corrected chi connectivity index (χ0v) is 16.1. The highest BCUT2D eigenvalue weighted by Crippen LogP contribution is 2.08. The fourth-order valence-electron chi connectivity index (χ4n) is 1.48. The van der Waals surface area contributed by atoms with Crippen LogP contribution in [-0.2, 0) is 38.1 Å². The van der Waals surface area contributed by atoms with Gasteiger partial charge in [0.1, 0.15) is 24.4 Å². The van der Waals surface area contributed by atoms with E-state index in [-0.39, 0.29) is 0 Å². The monoisotopic (exact) mass is 426 g/mol.